The van der Waals surface area contributed by atoms with Crippen molar-refractivity contribution in [3.63, 3.8) is 0 Å². The summed E-state index contributed by atoms with van der Waals surface area (Å²) < 4.78 is 23.3. The quantitative estimate of drug-likeness (QED) is 0.120. The molecule has 1 aromatic carbocycles. The van der Waals surface area contributed by atoms with Crippen molar-refractivity contribution < 1.29 is 33.3 Å². The maximum absolute atomic E-state index is 14.7. The van der Waals surface area contributed by atoms with Crippen molar-refractivity contribution in [3.05, 3.63) is 36.0 Å². The molecule has 6 unspecified atom stereocenters. The van der Waals surface area contributed by atoms with Gasteiger partial charge in [-0.15, -0.1) is 6.58 Å². The van der Waals surface area contributed by atoms with E-state index in [-0.39, 0.29) is 48.0 Å². The Balaban J connectivity index is 1.39. The van der Waals surface area contributed by atoms with Crippen LogP contribution in [0, 0.1) is 23.7 Å². The summed E-state index contributed by atoms with van der Waals surface area (Å²) in [7, 11) is 1.57. The molecule has 3 aliphatic rings. The van der Waals surface area contributed by atoms with Crippen LogP contribution in [0.2, 0.25) is 5.15 Å². The van der Waals surface area contributed by atoms with E-state index in [0.717, 1.165) is 57.8 Å². The summed E-state index contributed by atoms with van der Waals surface area (Å²) in [6, 6.07) is 3.51. The van der Waals surface area contributed by atoms with E-state index in [1.165, 1.54) is 0 Å². The molecule has 5 rings (SSSR count). The number of unbranched alkanes of at least 4 members (excludes halogenated alkanes) is 1. The molecule has 1 aromatic heterocycles. The molecule has 0 bridgehead atoms. The third kappa shape index (κ3) is 9.15. The number of carbonyl (C=O) groups is 3. The van der Waals surface area contributed by atoms with Gasteiger partial charge >= 0.3 is 12.1 Å². The summed E-state index contributed by atoms with van der Waals surface area (Å²) in [5, 5.41) is 3.03. The van der Waals surface area contributed by atoms with Gasteiger partial charge in [0.2, 0.25) is 5.91 Å². The summed E-state index contributed by atoms with van der Waals surface area (Å²) in [4.78, 5) is 52.4. The number of halogens is 1. The van der Waals surface area contributed by atoms with E-state index in [2.05, 4.69) is 21.9 Å². The molecule has 12 heteroatoms. The van der Waals surface area contributed by atoms with E-state index in [1.807, 2.05) is 26.8 Å². The van der Waals surface area contributed by atoms with Gasteiger partial charge in [-0.05, 0) is 74.8 Å². The van der Waals surface area contributed by atoms with Crippen LogP contribution in [0.5, 0.6) is 11.6 Å². The van der Waals surface area contributed by atoms with Crippen LogP contribution in [0.1, 0.15) is 85.0 Å². The minimum atomic E-state index is -0.921. The number of esters is 1. The van der Waals surface area contributed by atoms with Crippen LogP contribution in [0.15, 0.2) is 30.9 Å². The Labute approximate surface area is 294 Å². The number of fused-ring (bicyclic) bond motifs is 1. The smallest absolute Gasteiger partial charge is 0.408 e. The average molecular weight is 699 g/mol. The first kappa shape index (κ1) is 36.7. The van der Waals surface area contributed by atoms with E-state index < -0.39 is 36.2 Å². The predicted molar refractivity (Wildman–Crippen MR) is 187 cm³/mol. The van der Waals surface area contributed by atoms with E-state index in [9.17, 15) is 14.4 Å². The Kier molecular flexibility index (Phi) is 12.6. The van der Waals surface area contributed by atoms with Crippen molar-refractivity contribution in [2.24, 2.45) is 23.7 Å². The highest BCUT2D eigenvalue weighted by molar-refractivity contribution is 6.31. The van der Waals surface area contributed by atoms with Gasteiger partial charge in [-0.2, -0.15) is 0 Å². The molecule has 0 radical (unpaired) electrons. The second-order valence-electron chi connectivity index (χ2n) is 14.0. The number of carbonyl (C=O) groups excluding carboxylic acids is 3. The molecular weight excluding hydrogens is 648 g/mol. The number of benzene rings is 1. The highest BCUT2D eigenvalue weighted by atomic mass is 35.5. The van der Waals surface area contributed by atoms with Crippen molar-refractivity contribution in [1.82, 2.24) is 20.2 Å². The minimum absolute atomic E-state index is 0.0728. The van der Waals surface area contributed by atoms with Gasteiger partial charge in [0.15, 0.2) is 5.15 Å². The molecule has 2 heterocycles. The van der Waals surface area contributed by atoms with Crippen molar-refractivity contribution in [3.8, 4) is 11.6 Å². The number of rotatable bonds is 15. The standard InChI is InChI=1S/C37H51ClN4O7/c1-6-8-10-15-24-18-29(24)49-37(45)41-31(23-13-11-9-12-14-23)35(43)42-20-30(26(7-2)32(42)36(44)47-21-22(3)4)48-34-33(38)39-27-17-16-25(46-5)19-28(27)40-34/h6,16-17,19,22-24,26,29-32H,1,7-15,18,20-21H2,2-5H3,(H,41,45). The van der Waals surface area contributed by atoms with Crippen LogP contribution in [-0.4, -0.2) is 77.4 Å². The van der Waals surface area contributed by atoms with Crippen LogP contribution in [0.3, 0.4) is 0 Å². The van der Waals surface area contributed by atoms with Gasteiger partial charge in [0.05, 0.1) is 31.3 Å². The second-order valence-corrected chi connectivity index (χ2v) is 14.4. The molecule has 0 spiro atoms. The zero-order valence-corrected chi connectivity index (χ0v) is 30.0. The molecule has 1 N–H and O–H groups in total. The summed E-state index contributed by atoms with van der Waals surface area (Å²) in [5.74, 6) is -0.181. The van der Waals surface area contributed by atoms with Gasteiger partial charge in [0, 0.05) is 12.0 Å². The number of likely N-dealkylation sites (tertiary alicyclic amines) is 1. The van der Waals surface area contributed by atoms with Gasteiger partial charge in [0.1, 0.15) is 30.0 Å². The Morgan fingerprint density at radius 2 is 1.90 bits per heavy atom. The van der Waals surface area contributed by atoms with E-state index in [1.54, 1.807) is 30.2 Å². The van der Waals surface area contributed by atoms with Crippen LogP contribution < -0.4 is 14.8 Å². The SMILES string of the molecule is C=CCCCC1CC1OC(=O)NC(C(=O)N1CC(Oc2nc3cc(OC)ccc3nc2Cl)C(CC)C1C(=O)OCC(C)C)C1CCCCC1. The first-order valence-electron chi connectivity index (χ1n) is 17.9. The van der Waals surface area contributed by atoms with Gasteiger partial charge in [-0.3, -0.25) is 4.79 Å². The van der Waals surface area contributed by atoms with Crippen molar-refractivity contribution in [2.45, 2.75) is 109 Å². The number of methoxy groups -OCH3 is 1. The molecule has 1 aliphatic heterocycles. The molecule has 2 saturated carbocycles. The van der Waals surface area contributed by atoms with Gasteiger partial charge in [-0.25, -0.2) is 19.6 Å². The number of amides is 2. The van der Waals surface area contributed by atoms with Gasteiger partial charge in [0.25, 0.3) is 5.88 Å². The maximum atomic E-state index is 14.7. The van der Waals surface area contributed by atoms with Crippen LogP contribution in [-0.2, 0) is 19.1 Å². The third-order valence-corrected chi connectivity index (χ3v) is 10.2. The van der Waals surface area contributed by atoms with Crippen molar-refractivity contribution in [1.29, 1.82) is 0 Å². The Morgan fingerprint density at radius 1 is 1.12 bits per heavy atom. The van der Waals surface area contributed by atoms with E-state index in [0.29, 0.717) is 29.1 Å². The normalized spacial score (nSPS) is 24.4. The molecule has 2 aromatic rings. The predicted octanol–water partition coefficient (Wildman–Crippen LogP) is 6.90. The molecule has 2 amide bonds. The molecule has 1 saturated heterocycles. The lowest BCUT2D eigenvalue weighted by molar-refractivity contribution is -0.156. The fourth-order valence-corrected chi connectivity index (χ4v) is 7.39. The summed E-state index contributed by atoms with van der Waals surface area (Å²) in [6.45, 7) is 9.95. The fraction of sp³-hybridized carbons (Fsp3) is 0.649. The number of allylic oxidation sites excluding steroid dienone is 1. The van der Waals surface area contributed by atoms with Crippen molar-refractivity contribution >= 4 is 40.6 Å². The summed E-state index contributed by atoms with van der Waals surface area (Å²) in [6.07, 6.45) is 9.38. The Bertz CT molecular complexity index is 1480. The largest absolute Gasteiger partial charge is 0.497 e. The Hall–Kier alpha value is -3.60. The van der Waals surface area contributed by atoms with Crippen LogP contribution >= 0.6 is 11.6 Å². The van der Waals surface area contributed by atoms with E-state index >= 15 is 0 Å². The molecule has 49 heavy (non-hydrogen) atoms. The molecular formula is C37H51ClN4O7. The van der Waals surface area contributed by atoms with Gasteiger partial charge in [-0.1, -0.05) is 57.7 Å². The molecule has 11 nitrogen and oxygen atoms in total. The van der Waals surface area contributed by atoms with Crippen LogP contribution in [0.25, 0.3) is 11.0 Å². The lowest BCUT2D eigenvalue weighted by atomic mass is 9.83. The minimum Gasteiger partial charge on any atom is -0.497 e. The van der Waals surface area contributed by atoms with Crippen molar-refractivity contribution in [2.75, 3.05) is 20.3 Å². The highest BCUT2D eigenvalue weighted by Gasteiger charge is 2.52. The number of hydrogen-bond donors (Lipinski definition) is 1. The monoisotopic (exact) mass is 698 g/mol. The molecule has 268 valence electrons. The van der Waals surface area contributed by atoms with E-state index in [4.69, 9.17) is 30.5 Å². The average Bonchev–Trinajstić information content (AvgIpc) is 3.72. The van der Waals surface area contributed by atoms with Gasteiger partial charge < -0.3 is 29.2 Å². The number of ether oxygens (including phenoxy) is 4. The highest BCUT2D eigenvalue weighted by Crippen LogP contribution is 2.39. The zero-order valence-electron chi connectivity index (χ0n) is 29.2. The molecule has 3 fully saturated rings. The number of nitrogens with zero attached hydrogens (tertiary/aromatic N) is 3. The number of hydrogen-bond acceptors (Lipinski definition) is 9. The Morgan fingerprint density at radius 3 is 2.59 bits per heavy atom. The number of aromatic nitrogens is 2. The van der Waals surface area contributed by atoms with Crippen LogP contribution in [0.4, 0.5) is 4.79 Å². The first-order chi connectivity index (χ1) is 23.6. The second kappa shape index (κ2) is 16.9. The lowest BCUT2D eigenvalue weighted by Crippen LogP contribution is -2.56. The number of nitrogens with one attached hydrogen (secondary N) is 1. The first-order valence-corrected chi connectivity index (χ1v) is 18.2. The zero-order chi connectivity index (χ0) is 35.1. The number of alkyl carbamates (subject to hydrolysis) is 1. The summed E-state index contributed by atoms with van der Waals surface area (Å²) in [5.41, 5.74) is 1.11. The molecule has 6 atom stereocenters. The third-order valence-electron chi connectivity index (χ3n) is 9.97. The lowest BCUT2D eigenvalue weighted by Gasteiger charge is -2.34. The maximum Gasteiger partial charge on any atom is 0.408 e. The molecule has 2 aliphatic carbocycles. The fourth-order valence-electron chi connectivity index (χ4n) is 7.21. The topological polar surface area (TPSA) is 129 Å². The summed E-state index contributed by atoms with van der Waals surface area (Å²) >= 11 is 6.56.